The Bertz CT molecular complexity index is 1220. The summed E-state index contributed by atoms with van der Waals surface area (Å²) in [5, 5.41) is 0. The van der Waals surface area contributed by atoms with Gasteiger partial charge in [0.25, 0.3) is 5.56 Å². The van der Waals surface area contributed by atoms with Crippen molar-refractivity contribution in [2.75, 3.05) is 6.26 Å². The van der Waals surface area contributed by atoms with Gasteiger partial charge in [-0.15, -0.1) is 0 Å². The molecule has 0 bridgehead atoms. The highest BCUT2D eigenvalue weighted by atomic mass is 32.2. The van der Waals surface area contributed by atoms with Crippen molar-refractivity contribution in [2.24, 2.45) is 13.0 Å². The Kier molecular flexibility index (Phi) is 4.45. The van der Waals surface area contributed by atoms with E-state index in [-0.39, 0.29) is 11.3 Å². The summed E-state index contributed by atoms with van der Waals surface area (Å²) in [6, 6.07) is 5.83. The van der Waals surface area contributed by atoms with Gasteiger partial charge in [0.15, 0.2) is 9.84 Å². The van der Waals surface area contributed by atoms with E-state index in [0.717, 1.165) is 34.5 Å². The third-order valence-corrected chi connectivity index (χ3v) is 6.21. The minimum atomic E-state index is -3.21. The van der Waals surface area contributed by atoms with Crippen LogP contribution < -0.4 is 5.56 Å². The molecule has 0 aliphatic heterocycles. The van der Waals surface area contributed by atoms with Crippen molar-refractivity contribution in [1.29, 1.82) is 0 Å². The standard InChI is InChI=1S/C21H25N3O3S/c1-13-7-17(11-23(3)21(13)25)16-8-18(12-28(4,26)27)20-19(9-16)24(14(2)22-20)10-15-5-6-15/h7-9,11,15H,5-6,10,12H2,1-4H3. The van der Waals surface area contributed by atoms with Crippen LogP contribution >= 0.6 is 0 Å². The zero-order valence-corrected chi connectivity index (χ0v) is 17.5. The Morgan fingerprint density at radius 2 is 1.86 bits per heavy atom. The van der Waals surface area contributed by atoms with Crippen LogP contribution in [0.3, 0.4) is 0 Å². The van der Waals surface area contributed by atoms with Gasteiger partial charge in [-0.25, -0.2) is 13.4 Å². The second-order valence-corrected chi connectivity index (χ2v) is 10.3. The molecule has 7 heteroatoms. The first-order valence-electron chi connectivity index (χ1n) is 9.47. The normalized spacial score (nSPS) is 14.7. The van der Waals surface area contributed by atoms with Crippen molar-refractivity contribution in [1.82, 2.24) is 14.1 Å². The third-order valence-electron chi connectivity index (χ3n) is 5.37. The number of hydrogen-bond acceptors (Lipinski definition) is 4. The van der Waals surface area contributed by atoms with Crippen LogP contribution in [0.5, 0.6) is 0 Å². The van der Waals surface area contributed by atoms with Crippen molar-refractivity contribution >= 4 is 20.9 Å². The summed E-state index contributed by atoms with van der Waals surface area (Å²) in [7, 11) is -1.48. The molecule has 0 atom stereocenters. The first-order chi connectivity index (χ1) is 13.1. The van der Waals surface area contributed by atoms with Gasteiger partial charge in [0.2, 0.25) is 0 Å². The van der Waals surface area contributed by atoms with E-state index in [1.54, 1.807) is 24.7 Å². The fourth-order valence-corrected chi connectivity index (χ4v) is 4.58. The highest BCUT2D eigenvalue weighted by Gasteiger charge is 2.24. The molecule has 1 aliphatic rings. The number of aryl methyl sites for hydroxylation is 3. The molecule has 1 fully saturated rings. The molecule has 0 radical (unpaired) electrons. The predicted octanol–water partition coefficient (Wildman–Crippen LogP) is 2.97. The molecule has 0 unspecified atom stereocenters. The van der Waals surface area contributed by atoms with E-state index in [0.29, 0.717) is 17.0 Å². The molecule has 2 heterocycles. The molecule has 0 saturated heterocycles. The van der Waals surface area contributed by atoms with Gasteiger partial charge in [-0.2, -0.15) is 0 Å². The third kappa shape index (κ3) is 3.63. The van der Waals surface area contributed by atoms with Crippen LogP contribution in [0.1, 0.15) is 29.8 Å². The van der Waals surface area contributed by atoms with Crippen molar-refractivity contribution in [3.63, 3.8) is 0 Å². The van der Waals surface area contributed by atoms with Crippen LogP contribution in [0.15, 0.2) is 29.2 Å². The van der Waals surface area contributed by atoms with Crippen LogP contribution in [0.4, 0.5) is 0 Å². The van der Waals surface area contributed by atoms with Crippen molar-refractivity contribution in [3.8, 4) is 11.1 Å². The predicted molar refractivity (Wildman–Crippen MR) is 111 cm³/mol. The lowest BCUT2D eigenvalue weighted by Gasteiger charge is -2.11. The number of fused-ring (bicyclic) bond motifs is 1. The van der Waals surface area contributed by atoms with Gasteiger partial charge >= 0.3 is 0 Å². The summed E-state index contributed by atoms with van der Waals surface area (Å²) in [5.74, 6) is 1.53. The van der Waals surface area contributed by atoms with E-state index in [4.69, 9.17) is 4.98 Å². The van der Waals surface area contributed by atoms with Crippen LogP contribution in [-0.4, -0.2) is 28.8 Å². The van der Waals surface area contributed by atoms with E-state index in [2.05, 4.69) is 10.6 Å². The van der Waals surface area contributed by atoms with Gasteiger partial charge in [-0.3, -0.25) is 4.79 Å². The van der Waals surface area contributed by atoms with Gasteiger partial charge in [-0.1, -0.05) is 0 Å². The van der Waals surface area contributed by atoms with E-state index < -0.39 is 9.84 Å². The number of rotatable bonds is 5. The lowest BCUT2D eigenvalue weighted by Crippen LogP contribution is -2.18. The summed E-state index contributed by atoms with van der Waals surface area (Å²) < 4.78 is 27.9. The zero-order chi connectivity index (χ0) is 20.2. The second-order valence-electron chi connectivity index (χ2n) is 8.11. The van der Waals surface area contributed by atoms with Gasteiger partial charge < -0.3 is 9.13 Å². The summed E-state index contributed by atoms with van der Waals surface area (Å²) >= 11 is 0. The summed E-state index contributed by atoms with van der Waals surface area (Å²) in [6.07, 6.45) is 5.51. The molecule has 4 rings (SSSR count). The number of aromatic nitrogens is 3. The zero-order valence-electron chi connectivity index (χ0n) is 16.7. The SMILES string of the molecule is Cc1cc(-c2cc(CS(C)(=O)=O)c3nc(C)n(CC4CC4)c3c2)cn(C)c1=O. The average Bonchev–Trinajstić information content (AvgIpc) is 3.35. The largest absolute Gasteiger partial charge is 0.328 e. The van der Waals surface area contributed by atoms with E-state index in [9.17, 15) is 13.2 Å². The maximum absolute atomic E-state index is 12.1. The molecule has 2 aromatic heterocycles. The van der Waals surface area contributed by atoms with Crippen LogP contribution in [0.2, 0.25) is 0 Å². The molecular weight excluding hydrogens is 374 g/mol. The molecule has 1 aromatic carbocycles. The molecule has 1 saturated carbocycles. The van der Waals surface area contributed by atoms with Gasteiger partial charge in [0.1, 0.15) is 5.82 Å². The Labute approximate surface area is 164 Å². The molecule has 0 spiro atoms. The molecular formula is C21H25N3O3S. The van der Waals surface area contributed by atoms with Crippen LogP contribution in [-0.2, 0) is 29.2 Å². The van der Waals surface area contributed by atoms with E-state index in [1.807, 2.05) is 19.1 Å². The molecule has 1 aliphatic carbocycles. The number of pyridine rings is 1. The number of hydrogen-bond donors (Lipinski definition) is 0. The number of nitrogens with zero attached hydrogens (tertiary/aromatic N) is 3. The average molecular weight is 400 g/mol. The first kappa shape index (κ1) is 18.9. The van der Waals surface area contributed by atoms with E-state index in [1.165, 1.54) is 19.1 Å². The fourth-order valence-electron chi connectivity index (χ4n) is 3.79. The Morgan fingerprint density at radius 3 is 2.46 bits per heavy atom. The quantitative estimate of drug-likeness (QED) is 0.661. The summed E-state index contributed by atoms with van der Waals surface area (Å²) in [5.41, 5.74) is 4.86. The molecule has 6 nitrogen and oxygen atoms in total. The van der Waals surface area contributed by atoms with Crippen LogP contribution in [0, 0.1) is 19.8 Å². The first-order valence-corrected chi connectivity index (χ1v) is 11.5. The van der Waals surface area contributed by atoms with Crippen molar-refractivity contribution in [2.45, 2.75) is 39.0 Å². The van der Waals surface area contributed by atoms with Crippen LogP contribution in [0.25, 0.3) is 22.2 Å². The number of imidazole rings is 1. The monoisotopic (exact) mass is 399 g/mol. The van der Waals surface area contributed by atoms with Gasteiger partial charge in [0.05, 0.1) is 16.8 Å². The van der Waals surface area contributed by atoms with Crippen molar-refractivity contribution in [3.05, 3.63) is 51.7 Å². The van der Waals surface area contributed by atoms with E-state index >= 15 is 0 Å². The Morgan fingerprint density at radius 1 is 1.14 bits per heavy atom. The fraction of sp³-hybridized carbons (Fsp3) is 0.429. The maximum Gasteiger partial charge on any atom is 0.253 e. The molecule has 0 N–H and O–H groups in total. The lowest BCUT2D eigenvalue weighted by molar-refractivity contribution is 0.601. The molecule has 0 amide bonds. The number of benzene rings is 1. The Hall–Kier alpha value is -2.41. The smallest absolute Gasteiger partial charge is 0.253 e. The minimum Gasteiger partial charge on any atom is -0.328 e. The van der Waals surface area contributed by atoms with Gasteiger partial charge in [-0.05, 0) is 67.5 Å². The molecule has 148 valence electrons. The highest BCUT2D eigenvalue weighted by Crippen LogP contribution is 2.34. The molecule has 28 heavy (non-hydrogen) atoms. The van der Waals surface area contributed by atoms with Crippen molar-refractivity contribution < 1.29 is 8.42 Å². The highest BCUT2D eigenvalue weighted by molar-refractivity contribution is 7.89. The topological polar surface area (TPSA) is 74.0 Å². The van der Waals surface area contributed by atoms with Gasteiger partial charge in [0, 0.05) is 31.6 Å². The maximum atomic E-state index is 12.1. The summed E-state index contributed by atoms with van der Waals surface area (Å²) in [4.78, 5) is 16.8. The lowest BCUT2D eigenvalue weighted by atomic mass is 10.0. The number of sulfone groups is 1. The minimum absolute atomic E-state index is 0.0317. The summed E-state index contributed by atoms with van der Waals surface area (Å²) in [6.45, 7) is 4.68. The Balaban J connectivity index is 1.97. The molecule has 3 aromatic rings. The second kappa shape index (κ2) is 6.58.